The zero-order valence-corrected chi connectivity index (χ0v) is 29.1. The lowest BCUT2D eigenvalue weighted by atomic mass is 9.89. The molecule has 3 heterocycles. The molecule has 5 atom stereocenters. The van der Waals surface area contributed by atoms with Gasteiger partial charge in [0.2, 0.25) is 0 Å². The van der Waals surface area contributed by atoms with Gasteiger partial charge < -0.3 is 28.1 Å². The van der Waals surface area contributed by atoms with Gasteiger partial charge in [-0.25, -0.2) is 4.98 Å². The van der Waals surface area contributed by atoms with Crippen molar-refractivity contribution in [1.29, 1.82) is 0 Å². The number of benzene rings is 1. The van der Waals surface area contributed by atoms with Gasteiger partial charge in [-0.3, -0.25) is 0 Å². The summed E-state index contributed by atoms with van der Waals surface area (Å²) in [5.74, 6) is 0.818. The second-order valence-corrected chi connectivity index (χ2v) is 13.2. The van der Waals surface area contributed by atoms with Crippen molar-refractivity contribution in [3.63, 3.8) is 0 Å². The Balaban J connectivity index is 1.65. The van der Waals surface area contributed by atoms with Crippen molar-refractivity contribution >= 4 is 22.9 Å². The summed E-state index contributed by atoms with van der Waals surface area (Å²) >= 11 is 8.40. The highest BCUT2D eigenvalue weighted by atomic mass is 35.5. The van der Waals surface area contributed by atoms with E-state index in [1.54, 1.807) is 17.6 Å². The van der Waals surface area contributed by atoms with E-state index in [1.165, 1.54) is 0 Å². The number of furan rings is 1. The minimum atomic E-state index is -0.370. The van der Waals surface area contributed by atoms with Gasteiger partial charge >= 0.3 is 0 Å². The summed E-state index contributed by atoms with van der Waals surface area (Å²) in [7, 11) is 0. The fraction of sp³-hybridized carbons (Fsp3) is 0.639. The van der Waals surface area contributed by atoms with Crippen LogP contribution >= 0.6 is 22.9 Å². The lowest BCUT2D eigenvalue weighted by molar-refractivity contribution is -0.268. The summed E-state index contributed by atoms with van der Waals surface area (Å²) in [6.45, 7) is 11.8. The van der Waals surface area contributed by atoms with Crippen LogP contribution in [0.1, 0.15) is 101 Å². The maximum atomic E-state index is 6.95. The second kappa shape index (κ2) is 19.8. The van der Waals surface area contributed by atoms with E-state index in [0.717, 1.165) is 78.1 Å². The highest BCUT2D eigenvalue weighted by Crippen LogP contribution is 2.39. The Bertz CT molecular complexity index is 1220. The summed E-state index contributed by atoms with van der Waals surface area (Å²) in [6.07, 6.45) is 10.7. The molecule has 1 aliphatic heterocycles. The number of halogens is 1. The molecule has 45 heavy (non-hydrogen) atoms. The Morgan fingerprint density at radius 3 is 2.16 bits per heavy atom. The predicted octanol–water partition coefficient (Wildman–Crippen LogP) is 9.46. The van der Waals surface area contributed by atoms with Crippen molar-refractivity contribution in [3.05, 3.63) is 63.9 Å². The zero-order chi connectivity index (χ0) is 31.9. The minimum absolute atomic E-state index is 0.292. The molecule has 3 aromatic rings. The molecule has 1 fully saturated rings. The van der Waals surface area contributed by atoms with Gasteiger partial charge in [0.05, 0.1) is 22.8 Å². The number of rotatable bonds is 21. The topological polar surface area (TPSA) is 72.2 Å². The van der Waals surface area contributed by atoms with Crippen molar-refractivity contribution < 1.29 is 28.1 Å². The Hall–Kier alpha value is -1.78. The smallest absolute Gasteiger partial charge is 0.145 e. The number of aromatic nitrogens is 1. The summed E-state index contributed by atoms with van der Waals surface area (Å²) in [4.78, 5) is 5.66. The third-order valence-corrected chi connectivity index (χ3v) is 9.42. The van der Waals surface area contributed by atoms with Crippen LogP contribution in [-0.4, -0.2) is 62.4 Å². The van der Waals surface area contributed by atoms with Crippen LogP contribution in [0.2, 0.25) is 5.02 Å². The largest absolute Gasteiger partial charge is 0.463 e. The Morgan fingerprint density at radius 2 is 1.49 bits per heavy atom. The van der Waals surface area contributed by atoms with Crippen LogP contribution in [0.25, 0.3) is 10.6 Å². The van der Waals surface area contributed by atoms with Gasteiger partial charge in [-0.2, -0.15) is 0 Å². The quantitative estimate of drug-likeness (QED) is 0.105. The summed E-state index contributed by atoms with van der Waals surface area (Å²) in [6, 6.07) is 10.00. The first-order valence-corrected chi connectivity index (χ1v) is 18.1. The number of ether oxygens (including phenoxy) is 5. The van der Waals surface area contributed by atoms with Crippen molar-refractivity contribution in [2.45, 2.75) is 116 Å². The van der Waals surface area contributed by atoms with Crippen molar-refractivity contribution in [2.24, 2.45) is 0 Å². The monoisotopic (exact) mass is 661 g/mol. The molecule has 1 saturated heterocycles. The van der Waals surface area contributed by atoms with E-state index in [0.29, 0.717) is 44.5 Å². The number of hydrogen-bond donors (Lipinski definition) is 0. The van der Waals surface area contributed by atoms with Crippen molar-refractivity contribution in [1.82, 2.24) is 4.98 Å². The van der Waals surface area contributed by atoms with Crippen LogP contribution in [-0.2, 0) is 30.1 Å². The van der Waals surface area contributed by atoms with Gasteiger partial charge in [0.25, 0.3) is 0 Å². The molecule has 0 bridgehead atoms. The molecule has 0 amide bonds. The Kier molecular flexibility index (Phi) is 15.9. The summed E-state index contributed by atoms with van der Waals surface area (Å²) in [5, 5.41) is 1.66. The van der Waals surface area contributed by atoms with Gasteiger partial charge in [-0.15, -0.1) is 11.3 Å². The lowest BCUT2D eigenvalue weighted by Gasteiger charge is -2.46. The maximum absolute atomic E-state index is 6.95. The molecule has 0 unspecified atom stereocenters. The molecule has 0 radical (unpaired) electrons. The molecule has 7 nitrogen and oxygen atoms in total. The predicted molar refractivity (Wildman–Crippen MR) is 181 cm³/mol. The molecule has 0 aliphatic carbocycles. The molecule has 0 N–H and O–H groups in total. The number of nitrogens with zero attached hydrogens (tertiary/aromatic N) is 1. The molecule has 2 aromatic heterocycles. The van der Waals surface area contributed by atoms with Crippen molar-refractivity contribution in [3.8, 4) is 10.6 Å². The molecule has 1 aromatic carbocycles. The van der Waals surface area contributed by atoms with Crippen LogP contribution < -0.4 is 0 Å². The average Bonchev–Trinajstić information content (AvgIpc) is 3.75. The summed E-state index contributed by atoms with van der Waals surface area (Å²) in [5.41, 5.74) is 2.00. The second-order valence-electron chi connectivity index (χ2n) is 11.7. The van der Waals surface area contributed by atoms with Crippen LogP contribution in [0.15, 0.2) is 47.2 Å². The first kappa shape index (κ1) is 36.1. The lowest BCUT2D eigenvalue weighted by Crippen LogP contribution is -2.58. The maximum Gasteiger partial charge on any atom is 0.145 e. The Morgan fingerprint density at radius 1 is 0.822 bits per heavy atom. The van der Waals surface area contributed by atoms with Crippen LogP contribution in [0.3, 0.4) is 0 Å². The number of thiazole rings is 1. The highest BCUT2D eigenvalue weighted by Gasteiger charge is 2.48. The van der Waals surface area contributed by atoms with Gasteiger partial charge in [-0.05, 0) is 55.0 Å². The molecular formula is C36H52ClNO6S. The molecule has 4 rings (SSSR count). The average molecular weight is 662 g/mol. The van der Waals surface area contributed by atoms with Gasteiger partial charge in [0, 0.05) is 44.1 Å². The third kappa shape index (κ3) is 10.6. The van der Waals surface area contributed by atoms with Crippen LogP contribution in [0.4, 0.5) is 0 Å². The fourth-order valence-corrected chi connectivity index (χ4v) is 6.52. The third-order valence-electron chi connectivity index (χ3n) is 8.04. The van der Waals surface area contributed by atoms with Crippen molar-refractivity contribution in [2.75, 3.05) is 33.0 Å². The number of hydrogen-bond acceptors (Lipinski definition) is 8. The first-order valence-electron chi connectivity index (χ1n) is 16.9. The molecule has 1 aliphatic rings. The zero-order valence-electron chi connectivity index (χ0n) is 27.5. The highest BCUT2D eigenvalue weighted by molar-refractivity contribution is 7.15. The van der Waals surface area contributed by atoms with E-state index in [9.17, 15) is 0 Å². The minimum Gasteiger partial charge on any atom is -0.463 e. The van der Waals surface area contributed by atoms with E-state index < -0.39 is 0 Å². The van der Waals surface area contributed by atoms with E-state index in [1.807, 2.05) is 24.4 Å². The van der Waals surface area contributed by atoms with Crippen LogP contribution in [0.5, 0.6) is 0 Å². The molecule has 0 spiro atoms. The molecule has 9 heteroatoms. The molecule has 250 valence electrons. The van der Waals surface area contributed by atoms with E-state index in [-0.39, 0.29) is 30.5 Å². The van der Waals surface area contributed by atoms with Crippen LogP contribution in [0, 0.1) is 0 Å². The standard InChI is InChI=1S/C36H52ClNO6S/c1-5-9-17-39-25-30-34(41-18-10-6-2)36(43-20-12-8-4)35(42-19-11-7-3)33(44-30)26-15-16-28(37)27(22-26)23-32-38-24-31(45-32)29-14-13-21-40-29/h13-16,21-22,24,30,33-36H,5-12,17-20,23,25H2,1-4H3/t30-,33+,34-,35+,36+/m1/s1. The first-order chi connectivity index (χ1) is 22.1. The molecular weight excluding hydrogens is 610 g/mol. The number of unbranched alkanes of at least 4 members (excludes halogenated alkanes) is 4. The normalized spacial score (nSPS) is 21.8. The Labute approximate surface area is 278 Å². The molecule has 0 saturated carbocycles. The van der Waals surface area contributed by atoms with Gasteiger partial charge in [0.1, 0.15) is 36.3 Å². The van der Waals surface area contributed by atoms with E-state index in [2.05, 4.69) is 44.8 Å². The van der Waals surface area contributed by atoms with Gasteiger partial charge in [0.15, 0.2) is 0 Å². The fourth-order valence-electron chi connectivity index (χ4n) is 5.42. The summed E-state index contributed by atoms with van der Waals surface area (Å²) < 4.78 is 38.6. The SMILES string of the molecule is CCCCOC[C@H]1O[C@@H](c2ccc(Cl)c(Cc3ncc(-c4ccco4)s3)c2)[C@H](OCCCC)[C@@H](OCCCC)[C@@H]1OCCCC. The van der Waals surface area contributed by atoms with Gasteiger partial charge in [-0.1, -0.05) is 77.1 Å². The van der Waals surface area contributed by atoms with E-state index >= 15 is 0 Å². The van der Waals surface area contributed by atoms with E-state index in [4.69, 9.17) is 39.7 Å².